The molecule has 0 radical (unpaired) electrons. The van der Waals surface area contributed by atoms with Crippen LogP contribution in [0.2, 0.25) is 0 Å². The first-order valence-electron chi connectivity index (χ1n) is 8.16. The predicted octanol–water partition coefficient (Wildman–Crippen LogP) is 4.19. The van der Waals surface area contributed by atoms with E-state index in [1.165, 1.54) is 12.4 Å². The molecule has 7 nitrogen and oxygen atoms in total. The van der Waals surface area contributed by atoms with Crippen LogP contribution < -0.4 is 5.32 Å². The van der Waals surface area contributed by atoms with Crippen molar-refractivity contribution in [3.63, 3.8) is 0 Å². The molecule has 9 heteroatoms. The number of pyridine rings is 1. The maximum atomic E-state index is 12.5. The lowest BCUT2D eigenvalue weighted by Crippen LogP contribution is -2.10. The van der Waals surface area contributed by atoms with Crippen LogP contribution in [0, 0.1) is 0 Å². The van der Waals surface area contributed by atoms with E-state index in [1.54, 1.807) is 0 Å². The summed E-state index contributed by atoms with van der Waals surface area (Å²) in [6.45, 7) is 1.95. The molecule has 0 saturated carbocycles. The first-order chi connectivity index (χ1) is 13.1. The smallest absolute Gasteiger partial charge is 0.314 e. The second-order valence-electron chi connectivity index (χ2n) is 5.84. The first kappa shape index (κ1) is 17.0. The molecule has 4 rings (SSSR count). The number of nitrogens with zero attached hydrogens (tertiary/aromatic N) is 5. The summed E-state index contributed by atoms with van der Waals surface area (Å²) in [5, 5.41) is 11.1. The van der Waals surface area contributed by atoms with Gasteiger partial charge in [-0.05, 0) is 19.1 Å². The zero-order valence-electron chi connectivity index (χ0n) is 14.2. The number of nitrogens with one attached hydrogen (secondary N) is 1. The van der Waals surface area contributed by atoms with E-state index in [4.69, 9.17) is 4.42 Å². The largest absolute Gasteiger partial charge is 0.415 e. The summed E-state index contributed by atoms with van der Waals surface area (Å²) in [4.78, 5) is 13.0. The zero-order chi connectivity index (χ0) is 18.8. The van der Waals surface area contributed by atoms with E-state index in [9.17, 15) is 8.78 Å². The molecular formula is C18H14F2N6O. The Hall–Kier alpha value is -3.49. The molecule has 0 bridgehead atoms. The molecule has 3 heterocycles. The van der Waals surface area contributed by atoms with Crippen molar-refractivity contribution in [1.82, 2.24) is 25.1 Å². The third-order valence-corrected chi connectivity index (χ3v) is 3.94. The summed E-state index contributed by atoms with van der Waals surface area (Å²) in [6.07, 6.45) is 0.0421. The zero-order valence-corrected chi connectivity index (χ0v) is 14.2. The molecule has 3 aromatic heterocycles. The highest BCUT2D eigenvalue weighted by Gasteiger charge is 2.17. The number of benzene rings is 1. The van der Waals surface area contributed by atoms with Gasteiger partial charge in [0.15, 0.2) is 0 Å². The van der Waals surface area contributed by atoms with E-state index >= 15 is 0 Å². The minimum Gasteiger partial charge on any atom is -0.415 e. The van der Waals surface area contributed by atoms with Crippen LogP contribution in [0.15, 0.2) is 53.2 Å². The Morgan fingerprint density at radius 3 is 2.52 bits per heavy atom. The SMILES string of the molecule is CC(Nc1ncc(-c2nnc(C(F)F)o2)cn1)c1ccc2ccccc2n1. The van der Waals surface area contributed by atoms with Crippen LogP contribution in [0.4, 0.5) is 14.7 Å². The number of rotatable bonds is 5. The van der Waals surface area contributed by atoms with Gasteiger partial charge in [-0.2, -0.15) is 8.78 Å². The Kier molecular flexibility index (Phi) is 4.41. The Morgan fingerprint density at radius 1 is 1.00 bits per heavy atom. The topological polar surface area (TPSA) is 89.6 Å². The summed E-state index contributed by atoms with van der Waals surface area (Å²) >= 11 is 0. The highest BCUT2D eigenvalue weighted by atomic mass is 19.3. The van der Waals surface area contributed by atoms with Gasteiger partial charge in [0.2, 0.25) is 5.95 Å². The van der Waals surface area contributed by atoms with Crippen molar-refractivity contribution in [2.75, 3.05) is 5.32 Å². The Bertz CT molecular complexity index is 1070. The highest BCUT2D eigenvalue weighted by molar-refractivity contribution is 5.78. The van der Waals surface area contributed by atoms with Crippen molar-refractivity contribution in [1.29, 1.82) is 0 Å². The number of aromatic nitrogens is 5. The second kappa shape index (κ2) is 7.02. The fraction of sp³-hybridized carbons (Fsp3) is 0.167. The van der Waals surface area contributed by atoms with Crippen LogP contribution in [-0.4, -0.2) is 25.1 Å². The average molecular weight is 368 g/mol. The van der Waals surface area contributed by atoms with Crippen LogP contribution >= 0.6 is 0 Å². The standard InChI is InChI=1S/C18H14F2N6O/c1-10(13-7-6-11-4-2-3-5-14(11)24-13)23-18-21-8-12(9-22-18)16-25-26-17(27-16)15(19)20/h2-10,15H,1H3,(H,21,22,23). The van der Waals surface area contributed by atoms with Gasteiger partial charge in [0, 0.05) is 17.8 Å². The highest BCUT2D eigenvalue weighted by Crippen LogP contribution is 2.23. The lowest BCUT2D eigenvalue weighted by atomic mass is 10.1. The third kappa shape index (κ3) is 3.57. The van der Waals surface area contributed by atoms with Gasteiger partial charge in [-0.3, -0.25) is 4.98 Å². The molecule has 1 unspecified atom stereocenters. The van der Waals surface area contributed by atoms with Gasteiger partial charge in [-0.15, -0.1) is 10.2 Å². The molecule has 1 atom stereocenters. The van der Waals surface area contributed by atoms with Crippen molar-refractivity contribution < 1.29 is 13.2 Å². The number of para-hydroxylation sites is 1. The number of fused-ring (bicyclic) bond motifs is 1. The van der Waals surface area contributed by atoms with E-state index in [-0.39, 0.29) is 11.9 Å². The first-order valence-corrected chi connectivity index (χ1v) is 8.16. The minimum absolute atomic E-state index is 0.0545. The molecule has 0 spiro atoms. The Balaban J connectivity index is 1.49. The minimum atomic E-state index is -2.82. The number of halogens is 2. The van der Waals surface area contributed by atoms with Gasteiger partial charge in [0.25, 0.3) is 11.8 Å². The summed E-state index contributed by atoms with van der Waals surface area (Å²) in [7, 11) is 0. The molecule has 0 saturated heterocycles. The number of anilines is 1. The maximum Gasteiger partial charge on any atom is 0.314 e. The van der Waals surface area contributed by atoms with Gasteiger partial charge in [0.05, 0.1) is 22.8 Å². The number of hydrogen-bond donors (Lipinski definition) is 1. The van der Waals surface area contributed by atoms with E-state index in [0.717, 1.165) is 16.6 Å². The van der Waals surface area contributed by atoms with Gasteiger partial charge < -0.3 is 9.73 Å². The van der Waals surface area contributed by atoms with Gasteiger partial charge in [-0.1, -0.05) is 24.3 Å². The van der Waals surface area contributed by atoms with Gasteiger partial charge in [0.1, 0.15) is 0 Å². The van der Waals surface area contributed by atoms with Crippen LogP contribution in [0.5, 0.6) is 0 Å². The molecule has 136 valence electrons. The molecule has 4 aromatic rings. The lowest BCUT2D eigenvalue weighted by molar-refractivity contribution is 0.116. The lowest BCUT2D eigenvalue weighted by Gasteiger charge is -2.13. The molecule has 1 aromatic carbocycles. The Morgan fingerprint density at radius 2 is 1.78 bits per heavy atom. The molecule has 1 N–H and O–H groups in total. The van der Waals surface area contributed by atoms with Crippen molar-refractivity contribution in [3.05, 3.63) is 60.4 Å². The fourth-order valence-corrected chi connectivity index (χ4v) is 2.54. The van der Waals surface area contributed by atoms with Crippen LogP contribution in [0.1, 0.15) is 31.0 Å². The predicted molar refractivity (Wildman–Crippen MR) is 94.1 cm³/mol. The van der Waals surface area contributed by atoms with Crippen LogP contribution in [0.3, 0.4) is 0 Å². The molecule has 27 heavy (non-hydrogen) atoms. The number of hydrogen-bond acceptors (Lipinski definition) is 7. The fourth-order valence-electron chi connectivity index (χ4n) is 2.54. The molecule has 0 aliphatic heterocycles. The average Bonchev–Trinajstić information content (AvgIpc) is 3.19. The van der Waals surface area contributed by atoms with E-state index in [1.807, 2.05) is 43.3 Å². The van der Waals surface area contributed by atoms with Gasteiger partial charge >= 0.3 is 6.43 Å². The summed E-state index contributed by atoms with van der Waals surface area (Å²) in [5.41, 5.74) is 2.11. The number of alkyl halides is 2. The van der Waals surface area contributed by atoms with E-state index in [2.05, 4.69) is 30.5 Å². The van der Waals surface area contributed by atoms with Crippen molar-refractivity contribution in [2.45, 2.75) is 19.4 Å². The Labute approximate surface area is 152 Å². The summed E-state index contributed by atoms with van der Waals surface area (Å²) in [5.74, 6) is -0.417. The molecule has 0 fully saturated rings. The maximum absolute atomic E-state index is 12.5. The second-order valence-corrected chi connectivity index (χ2v) is 5.84. The van der Waals surface area contributed by atoms with Crippen LogP contribution in [0.25, 0.3) is 22.4 Å². The van der Waals surface area contributed by atoms with Crippen molar-refractivity contribution in [2.24, 2.45) is 0 Å². The van der Waals surface area contributed by atoms with E-state index < -0.39 is 12.3 Å². The van der Waals surface area contributed by atoms with Crippen molar-refractivity contribution >= 4 is 16.9 Å². The summed E-state index contributed by atoms with van der Waals surface area (Å²) in [6, 6.07) is 11.7. The third-order valence-electron chi connectivity index (χ3n) is 3.94. The quantitative estimate of drug-likeness (QED) is 0.565. The monoisotopic (exact) mass is 368 g/mol. The normalized spacial score (nSPS) is 12.4. The van der Waals surface area contributed by atoms with Gasteiger partial charge in [-0.25, -0.2) is 9.97 Å². The van der Waals surface area contributed by atoms with Crippen molar-refractivity contribution in [3.8, 4) is 11.5 Å². The molecular weight excluding hydrogens is 354 g/mol. The molecule has 0 amide bonds. The molecule has 0 aliphatic rings. The van der Waals surface area contributed by atoms with E-state index in [0.29, 0.717) is 11.5 Å². The van der Waals surface area contributed by atoms with Crippen LogP contribution in [-0.2, 0) is 0 Å². The summed E-state index contributed by atoms with van der Waals surface area (Å²) < 4.78 is 29.9. The molecule has 0 aliphatic carbocycles.